The van der Waals surface area contributed by atoms with Crippen LogP contribution < -0.4 is 15.4 Å². The summed E-state index contributed by atoms with van der Waals surface area (Å²) < 4.78 is 52.2. The van der Waals surface area contributed by atoms with E-state index in [0.717, 1.165) is 16.0 Å². The van der Waals surface area contributed by atoms with Crippen molar-refractivity contribution in [2.24, 2.45) is 0 Å². The Kier molecular flexibility index (Phi) is 5.62. The van der Waals surface area contributed by atoms with Crippen molar-refractivity contribution < 1.29 is 27.1 Å². The molecule has 3 aromatic rings. The smallest absolute Gasteiger partial charge is 0.410 e. The lowest BCUT2D eigenvalue weighted by Crippen LogP contribution is -2.35. The fourth-order valence-electron chi connectivity index (χ4n) is 3.56. The molecule has 0 radical (unpaired) electrons. The number of anilines is 1. The fraction of sp³-hybridized carbons (Fsp3) is 0.333. The average Bonchev–Trinajstić information content (AvgIpc) is 3.42. The van der Waals surface area contributed by atoms with Crippen LogP contribution in [0.1, 0.15) is 40.3 Å². The van der Waals surface area contributed by atoms with Crippen LogP contribution in [0.3, 0.4) is 0 Å². The lowest BCUT2D eigenvalue weighted by atomic mass is 10.0. The molecule has 1 aromatic carbocycles. The summed E-state index contributed by atoms with van der Waals surface area (Å²) in [4.78, 5) is 12.5. The second kappa shape index (κ2) is 8.37. The van der Waals surface area contributed by atoms with Gasteiger partial charge in [-0.3, -0.25) is 4.79 Å². The quantitative estimate of drug-likeness (QED) is 0.610. The molecule has 1 amide bonds. The third-order valence-corrected chi connectivity index (χ3v) is 5.17. The minimum Gasteiger partial charge on any atom is -0.497 e. The largest absolute Gasteiger partial charge is 0.497 e. The minimum absolute atomic E-state index is 0.0772. The molecule has 0 saturated carbocycles. The van der Waals surface area contributed by atoms with Gasteiger partial charge in [0.15, 0.2) is 11.7 Å². The number of alkyl halides is 3. The number of rotatable bonds is 6. The van der Waals surface area contributed by atoms with Crippen molar-refractivity contribution in [1.29, 1.82) is 0 Å². The first-order chi connectivity index (χ1) is 14.8. The Morgan fingerprint density at radius 3 is 2.74 bits per heavy atom. The third kappa shape index (κ3) is 4.52. The molecule has 1 aliphatic heterocycles. The number of methoxy groups -OCH3 is 1. The zero-order valence-electron chi connectivity index (χ0n) is 16.6. The maximum Gasteiger partial charge on any atom is 0.410 e. The number of amides is 1. The van der Waals surface area contributed by atoms with Crippen molar-refractivity contribution in [1.82, 2.24) is 15.1 Å². The van der Waals surface area contributed by atoms with E-state index in [4.69, 9.17) is 9.15 Å². The molecule has 0 bridgehead atoms. The summed E-state index contributed by atoms with van der Waals surface area (Å²) in [6.07, 6.45) is -2.83. The van der Waals surface area contributed by atoms with Gasteiger partial charge in [-0.25, -0.2) is 4.68 Å². The summed E-state index contributed by atoms with van der Waals surface area (Å²) in [5.74, 6) is 0.714. The number of benzene rings is 1. The summed E-state index contributed by atoms with van der Waals surface area (Å²) in [6.45, 7) is 0.318. The van der Waals surface area contributed by atoms with Crippen LogP contribution in [0.5, 0.6) is 5.75 Å². The second-order valence-electron chi connectivity index (χ2n) is 7.22. The Hall–Kier alpha value is -3.43. The molecular formula is C21H21F3N4O3. The molecule has 31 heavy (non-hydrogen) atoms. The van der Waals surface area contributed by atoms with Crippen molar-refractivity contribution in [2.75, 3.05) is 19.0 Å². The third-order valence-electron chi connectivity index (χ3n) is 5.17. The zero-order valence-corrected chi connectivity index (χ0v) is 16.6. The van der Waals surface area contributed by atoms with E-state index in [1.54, 1.807) is 19.2 Å². The number of ether oxygens (including phenoxy) is 1. The highest BCUT2D eigenvalue weighted by atomic mass is 19.4. The average molecular weight is 434 g/mol. The molecule has 0 fully saturated rings. The molecule has 2 aromatic heterocycles. The monoisotopic (exact) mass is 434 g/mol. The topological polar surface area (TPSA) is 81.3 Å². The van der Waals surface area contributed by atoms with Gasteiger partial charge in [0.25, 0.3) is 5.91 Å². The van der Waals surface area contributed by atoms with E-state index in [-0.39, 0.29) is 17.9 Å². The summed E-state index contributed by atoms with van der Waals surface area (Å²) in [5, 5.41) is 9.63. The van der Waals surface area contributed by atoms with Crippen LogP contribution >= 0.6 is 0 Å². The lowest BCUT2D eigenvalue weighted by Gasteiger charge is -2.32. The normalized spacial score (nSPS) is 18.2. The first kappa shape index (κ1) is 20.8. The van der Waals surface area contributed by atoms with E-state index in [9.17, 15) is 18.0 Å². The molecule has 2 atom stereocenters. The molecule has 3 heterocycles. The highest BCUT2D eigenvalue weighted by molar-refractivity contribution is 5.93. The standard InChI is InChI=1S/C21H21F3N4O3/c1-30-14-6-4-13(5-7-14)8-9-25-20(29)16-12-19-26-15(17-3-2-10-31-17)11-18(21(22,23)24)28(19)27-16/h2-7,10,12,15,18,26H,8-9,11H2,1H3,(H,25,29)/t15-,18-/m1/s1. The van der Waals surface area contributed by atoms with Gasteiger partial charge in [-0.1, -0.05) is 12.1 Å². The van der Waals surface area contributed by atoms with Crippen LogP contribution in [0, 0.1) is 0 Å². The number of furan rings is 1. The van der Waals surface area contributed by atoms with Crippen LogP contribution in [0.25, 0.3) is 0 Å². The van der Waals surface area contributed by atoms with Crippen LogP contribution in [0.15, 0.2) is 53.1 Å². The molecule has 7 nitrogen and oxygen atoms in total. The number of nitrogens with one attached hydrogen (secondary N) is 2. The van der Waals surface area contributed by atoms with Gasteiger partial charge < -0.3 is 19.8 Å². The van der Waals surface area contributed by atoms with E-state index in [1.165, 1.54) is 12.3 Å². The summed E-state index contributed by atoms with van der Waals surface area (Å²) in [7, 11) is 1.58. The first-order valence-electron chi connectivity index (χ1n) is 9.72. The van der Waals surface area contributed by atoms with Gasteiger partial charge in [-0.2, -0.15) is 18.3 Å². The van der Waals surface area contributed by atoms with Crippen molar-refractivity contribution in [2.45, 2.75) is 31.1 Å². The predicted octanol–water partition coefficient (Wildman–Crippen LogP) is 4.12. The number of carbonyl (C=O) groups is 1. The Morgan fingerprint density at radius 2 is 2.10 bits per heavy atom. The van der Waals surface area contributed by atoms with Crippen LogP contribution in [-0.4, -0.2) is 35.5 Å². The van der Waals surface area contributed by atoms with Gasteiger partial charge in [0, 0.05) is 19.0 Å². The summed E-state index contributed by atoms with van der Waals surface area (Å²) in [6, 6.07) is 9.43. The SMILES string of the molecule is COc1ccc(CCNC(=O)c2cc3n(n2)[C@@H](C(F)(F)F)C[C@H](c2ccco2)N3)cc1. The fourth-order valence-corrected chi connectivity index (χ4v) is 3.56. The first-order valence-corrected chi connectivity index (χ1v) is 9.72. The predicted molar refractivity (Wildman–Crippen MR) is 106 cm³/mol. The molecule has 10 heteroatoms. The number of nitrogens with zero attached hydrogens (tertiary/aromatic N) is 2. The van der Waals surface area contributed by atoms with Crippen molar-refractivity contribution in [3.8, 4) is 5.75 Å². The maximum absolute atomic E-state index is 13.7. The van der Waals surface area contributed by atoms with Crippen molar-refractivity contribution in [3.63, 3.8) is 0 Å². The molecule has 164 valence electrons. The molecule has 0 aliphatic carbocycles. The van der Waals surface area contributed by atoms with E-state index >= 15 is 0 Å². The van der Waals surface area contributed by atoms with Crippen LogP contribution in [0.4, 0.5) is 19.0 Å². The zero-order chi connectivity index (χ0) is 22.0. The minimum atomic E-state index is -4.52. The van der Waals surface area contributed by atoms with Gasteiger partial charge >= 0.3 is 6.18 Å². The number of hydrogen-bond donors (Lipinski definition) is 2. The molecule has 1 aliphatic rings. The van der Waals surface area contributed by atoms with Gasteiger partial charge in [0.05, 0.1) is 19.4 Å². The number of carbonyl (C=O) groups excluding carboxylic acids is 1. The van der Waals surface area contributed by atoms with Gasteiger partial charge in [-0.15, -0.1) is 0 Å². The molecular weight excluding hydrogens is 413 g/mol. The van der Waals surface area contributed by atoms with E-state index in [0.29, 0.717) is 18.7 Å². The Bertz CT molecular complexity index is 1030. The summed E-state index contributed by atoms with van der Waals surface area (Å²) in [5.41, 5.74) is 0.914. The van der Waals surface area contributed by atoms with Gasteiger partial charge in [0.1, 0.15) is 17.3 Å². The van der Waals surface area contributed by atoms with Crippen molar-refractivity contribution >= 4 is 11.7 Å². The Morgan fingerprint density at radius 1 is 1.32 bits per heavy atom. The number of aromatic nitrogens is 2. The highest BCUT2D eigenvalue weighted by Crippen LogP contribution is 2.43. The van der Waals surface area contributed by atoms with E-state index in [2.05, 4.69) is 15.7 Å². The van der Waals surface area contributed by atoms with Gasteiger partial charge in [0.2, 0.25) is 0 Å². The number of fused-ring (bicyclic) bond motifs is 1. The molecule has 4 rings (SSSR count). The lowest BCUT2D eigenvalue weighted by molar-refractivity contribution is -0.174. The Balaban J connectivity index is 1.45. The van der Waals surface area contributed by atoms with Gasteiger partial charge in [-0.05, 0) is 36.2 Å². The highest BCUT2D eigenvalue weighted by Gasteiger charge is 2.47. The van der Waals surface area contributed by atoms with Crippen LogP contribution in [-0.2, 0) is 6.42 Å². The molecule has 0 saturated heterocycles. The molecule has 0 unspecified atom stereocenters. The maximum atomic E-state index is 13.7. The van der Waals surface area contributed by atoms with Crippen molar-refractivity contribution in [3.05, 3.63) is 65.7 Å². The van der Waals surface area contributed by atoms with E-state index < -0.39 is 24.2 Å². The molecule has 2 N–H and O–H groups in total. The van der Waals surface area contributed by atoms with Crippen LogP contribution in [0.2, 0.25) is 0 Å². The summed E-state index contributed by atoms with van der Waals surface area (Å²) >= 11 is 0. The number of halogens is 3. The Labute approximate surface area is 176 Å². The number of hydrogen-bond acceptors (Lipinski definition) is 5. The molecule has 0 spiro atoms. The second-order valence-corrected chi connectivity index (χ2v) is 7.22. The van der Waals surface area contributed by atoms with E-state index in [1.807, 2.05) is 24.3 Å².